The average molecular weight is 424 g/mol. The molecule has 0 aliphatic carbocycles. The van der Waals surface area contributed by atoms with Crippen molar-refractivity contribution in [3.8, 4) is 0 Å². The lowest BCUT2D eigenvalue weighted by Crippen LogP contribution is -2.55. The molecule has 7 heteroatoms. The molecule has 166 valence electrons. The summed E-state index contributed by atoms with van der Waals surface area (Å²) in [5, 5.41) is 3.61. The highest BCUT2D eigenvalue weighted by molar-refractivity contribution is 5.91. The number of carbonyl (C=O) groups excluding carboxylic acids is 1. The van der Waals surface area contributed by atoms with E-state index in [9.17, 15) is 4.79 Å². The Bertz CT molecular complexity index is 844. The van der Waals surface area contributed by atoms with Gasteiger partial charge in [-0.15, -0.1) is 0 Å². The SMILES string of the molecule is CN=C(NCC1CCCCN1Cc1ccccc1)N1CCN(C(=O)c2ccco2)CC1. The van der Waals surface area contributed by atoms with Crippen molar-refractivity contribution in [1.29, 1.82) is 0 Å². The molecular formula is C24H33N5O2. The molecule has 1 N–H and O–H groups in total. The Morgan fingerprint density at radius 3 is 2.52 bits per heavy atom. The monoisotopic (exact) mass is 423 g/mol. The second kappa shape index (κ2) is 10.5. The van der Waals surface area contributed by atoms with Gasteiger partial charge in [0.2, 0.25) is 0 Å². The molecule has 0 saturated carbocycles. The molecule has 1 aromatic carbocycles. The minimum absolute atomic E-state index is 0.0358. The van der Waals surface area contributed by atoms with Gasteiger partial charge in [0, 0.05) is 52.4 Å². The number of piperidine rings is 1. The Kier molecular flexibility index (Phi) is 7.25. The van der Waals surface area contributed by atoms with Crippen LogP contribution in [0.3, 0.4) is 0 Å². The molecule has 1 unspecified atom stereocenters. The molecule has 31 heavy (non-hydrogen) atoms. The first kappa shape index (κ1) is 21.4. The Morgan fingerprint density at radius 1 is 1.03 bits per heavy atom. The van der Waals surface area contributed by atoms with Gasteiger partial charge in [0.1, 0.15) is 0 Å². The molecule has 1 atom stereocenters. The van der Waals surface area contributed by atoms with Gasteiger partial charge >= 0.3 is 0 Å². The highest BCUT2D eigenvalue weighted by atomic mass is 16.3. The lowest BCUT2D eigenvalue weighted by molar-refractivity contribution is 0.0657. The molecule has 1 amide bonds. The molecule has 0 radical (unpaired) electrons. The van der Waals surface area contributed by atoms with Gasteiger partial charge in [-0.05, 0) is 37.1 Å². The first-order chi connectivity index (χ1) is 15.2. The van der Waals surface area contributed by atoms with Crippen molar-refractivity contribution >= 4 is 11.9 Å². The van der Waals surface area contributed by atoms with Crippen molar-refractivity contribution in [2.24, 2.45) is 4.99 Å². The summed E-state index contributed by atoms with van der Waals surface area (Å²) in [7, 11) is 1.84. The number of carbonyl (C=O) groups is 1. The number of nitrogens with one attached hydrogen (secondary N) is 1. The van der Waals surface area contributed by atoms with Crippen molar-refractivity contribution < 1.29 is 9.21 Å². The van der Waals surface area contributed by atoms with Crippen molar-refractivity contribution in [2.75, 3.05) is 46.3 Å². The fraction of sp³-hybridized carbons (Fsp3) is 0.500. The zero-order valence-electron chi connectivity index (χ0n) is 18.4. The van der Waals surface area contributed by atoms with Crippen molar-refractivity contribution in [1.82, 2.24) is 20.0 Å². The normalized spacial score (nSPS) is 20.7. The third-order valence-corrected chi connectivity index (χ3v) is 6.28. The van der Waals surface area contributed by atoms with Gasteiger partial charge in [0.15, 0.2) is 11.7 Å². The summed E-state index contributed by atoms with van der Waals surface area (Å²) in [4.78, 5) is 23.7. The van der Waals surface area contributed by atoms with E-state index < -0.39 is 0 Å². The number of amides is 1. The van der Waals surface area contributed by atoms with Crippen LogP contribution in [0.4, 0.5) is 0 Å². The quantitative estimate of drug-likeness (QED) is 0.592. The minimum Gasteiger partial charge on any atom is -0.459 e. The van der Waals surface area contributed by atoms with E-state index in [4.69, 9.17) is 4.42 Å². The summed E-state index contributed by atoms with van der Waals surface area (Å²) in [5.74, 6) is 1.30. The summed E-state index contributed by atoms with van der Waals surface area (Å²) in [5.41, 5.74) is 1.37. The summed E-state index contributed by atoms with van der Waals surface area (Å²) in [6.07, 6.45) is 5.30. The van der Waals surface area contributed by atoms with Crippen LogP contribution in [0.15, 0.2) is 58.1 Å². The van der Waals surface area contributed by atoms with Crippen LogP contribution >= 0.6 is 0 Å². The van der Waals surface area contributed by atoms with Crippen LogP contribution in [0.5, 0.6) is 0 Å². The van der Waals surface area contributed by atoms with E-state index in [0.717, 1.165) is 38.7 Å². The second-order valence-electron chi connectivity index (χ2n) is 8.29. The van der Waals surface area contributed by atoms with Gasteiger partial charge in [-0.1, -0.05) is 36.8 Å². The van der Waals surface area contributed by atoms with E-state index in [1.807, 2.05) is 11.9 Å². The number of likely N-dealkylation sites (tertiary alicyclic amines) is 1. The first-order valence-corrected chi connectivity index (χ1v) is 11.3. The van der Waals surface area contributed by atoms with E-state index in [2.05, 4.69) is 50.4 Å². The number of hydrogen-bond acceptors (Lipinski definition) is 4. The Labute approximate surface area is 184 Å². The molecule has 2 aliphatic rings. The smallest absolute Gasteiger partial charge is 0.289 e. The standard InChI is InChI=1S/C24H33N5O2/c1-25-24(28-15-13-27(14-16-28)23(30)22-11-7-17-31-22)26-18-21-10-5-6-12-29(21)19-20-8-3-2-4-9-20/h2-4,7-9,11,17,21H,5-6,10,12-16,18-19H2,1H3,(H,25,26). The van der Waals surface area contributed by atoms with Gasteiger partial charge in [-0.3, -0.25) is 14.7 Å². The van der Waals surface area contributed by atoms with E-state index in [1.54, 1.807) is 18.4 Å². The topological polar surface area (TPSA) is 64.3 Å². The number of piperazine rings is 1. The Hall–Kier alpha value is -2.80. The molecular weight excluding hydrogens is 390 g/mol. The lowest BCUT2D eigenvalue weighted by atomic mass is 10.0. The van der Waals surface area contributed by atoms with Crippen LogP contribution in [0.2, 0.25) is 0 Å². The zero-order chi connectivity index (χ0) is 21.5. The lowest BCUT2D eigenvalue weighted by Gasteiger charge is -2.39. The molecule has 2 aromatic rings. The predicted octanol–water partition coefficient (Wildman–Crippen LogP) is 2.67. The molecule has 7 nitrogen and oxygen atoms in total. The number of aliphatic imine (C=N–C) groups is 1. The van der Waals surface area contributed by atoms with Gasteiger partial charge in [-0.25, -0.2) is 0 Å². The van der Waals surface area contributed by atoms with Gasteiger partial charge in [0.25, 0.3) is 5.91 Å². The highest BCUT2D eigenvalue weighted by Crippen LogP contribution is 2.19. The van der Waals surface area contributed by atoms with E-state index in [1.165, 1.54) is 24.8 Å². The molecule has 2 aliphatic heterocycles. The number of guanidine groups is 1. The zero-order valence-corrected chi connectivity index (χ0v) is 18.4. The maximum atomic E-state index is 12.5. The summed E-state index contributed by atoms with van der Waals surface area (Å²) in [6.45, 7) is 5.92. The Morgan fingerprint density at radius 2 is 1.81 bits per heavy atom. The Balaban J connectivity index is 1.28. The van der Waals surface area contributed by atoms with Crippen LogP contribution in [0.25, 0.3) is 0 Å². The number of benzene rings is 1. The van der Waals surface area contributed by atoms with E-state index in [0.29, 0.717) is 24.9 Å². The van der Waals surface area contributed by atoms with Crippen LogP contribution < -0.4 is 5.32 Å². The maximum Gasteiger partial charge on any atom is 0.289 e. The molecule has 2 fully saturated rings. The predicted molar refractivity (Wildman–Crippen MR) is 122 cm³/mol. The number of nitrogens with zero attached hydrogens (tertiary/aromatic N) is 4. The maximum absolute atomic E-state index is 12.5. The van der Waals surface area contributed by atoms with Crippen LogP contribution in [-0.2, 0) is 6.54 Å². The van der Waals surface area contributed by atoms with Crippen LogP contribution in [0, 0.1) is 0 Å². The molecule has 3 heterocycles. The van der Waals surface area contributed by atoms with Gasteiger partial charge in [0.05, 0.1) is 6.26 Å². The van der Waals surface area contributed by atoms with Crippen molar-refractivity contribution in [3.05, 3.63) is 60.1 Å². The third kappa shape index (κ3) is 5.47. The van der Waals surface area contributed by atoms with Gasteiger partial charge < -0.3 is 19.5 Å². The van der Waals surface area contributed by atoms with E-state index in [-0.39, 0.29) is 5.91 Å². The second-order valence-corrected chi connectivity index (χ2v) is 8.29. The molecule has 0 bridgehead atoms. The molecule has 4 rings (SSSR count). The summed E-state index contributed by atoms with van der Waals surface area (Å²) < 4.78 is 5.26. The van der Waals surface area contributed by atoms with E-state index >= 15 is 0 Å². The fourth-order valence-electron chi connectivity index (χ4n) is 4.54. The van der Waals surface area contributed by atoms with Crippen molar-refractivity contribution in [3.63, 3.8) is 0 Å². The number of rotatable bonds is 5. The number of hydrogen-bond donors (Lipinski definition) is 1. The molecule has 0 spiro atoms. The van der Waals surface area contributed by atoms with Crippen molar-refractivity contribution in [2.45, 2.75) is 31.8 Å². The van der Waals surface area contributed by atoms with Crippen LogP contribution in [0.1, 0.15) is 35.4 Å². The minimum atomic E-state index is -0.0358. The third-order valence-electron chi connectivity index (χ3n) is 6.28. The summed E-state index contributed by atoms with van der Waals surface area (Å²) in [6, 6.07) is 14.7. The highest BCUT2D eigenvalue weighted by Gasteiger charge is 2.27. The molecule has 1 aromatic heterocycles. The largest absolute Gasteiger partial charge is 0.459 e. The fourth-order valence-corrected chi connectivity index (χ4v) is 4.54. The first-order valence-electron chi connectivity index (χ1n) is 11.3. The summed E-state index contributed by atoms with van der Waals surface area (Å²) >= 11 is 0. The average Bonchev–Trinajstić information content (AvgIpc) is 3.36. The van der Waals surface area contributed by atoms with Gasteiger partial charge in [-0.2, -0.15) is 0 Å². The number of furan rings is 1. The molecule has 2 saturated heterocycles. The van der Waals surface area contributed by atoms with Crippen LogP contribution in [-0.4, -0.2) is 78.9 Å².